The van der Waals surface area contributed by atoms with Gasteiger partial charge in [0.05, 0.1) is 13.7 Å². The van der Waals surface area contributed by atoms with Crippen LogP contribution in [-0.4, -0.2) is 19.0 Å². The lowest BCUT2D eigenvalue weighted by Gasteiger charge is -2.12. The monoisotopic (exact) mass is 270 g/mol. The highest BCUT2D eigenvalue weighted by molar-refractivity contribution is 5.99. The molecule has 0 aliphatic rings. The molecule has 1 atom stereocenters. The van der Waals surface area contributed by atoms with Gasteiger partial charge in [0.2, 0.25) is 0 Å². The number of hydrogen-bond acceptors (Lipinski definition) is 3. The molecule has 0 amide bonds. The molecule has 0 aliphatic heterocycles. The Morgan fingerprint density at radius 2 is 1.70 bits per heavy atom. The smallest absolute Gasteiger partial charge is 0.191 e. The maximum Gasteiger partial charge on any atom is 0.191 e. The van der Waals surface area contributed by atoms with Crippen LogP contribution in [0.25, 0.3) is 0 Å². The maximum absolute atomic E-state index is 12.1. The molecule has 0 saturated heterocycles. The summed E-state index contributed by atoms with van der Waals surface area (Å²) in [5.41, 5.74) is 1.69. The molecule has 1 unspecified atom stereocenters. The zero-order valence-electron chi connectivity index (χ0n) is 11.7. The number of ketones is 1. The molecule has 0 heterocycles. The fourth-order valence-corrected chi connectivity index (χ4v) is 1.86. The summed E-state index contributed by atoms with van der Waals surface area (Å²) in [6.45, 7) is 2.18. The average molecular weight is 270 g/mol. The van der Waals surface area contributed by atoms with E-state index in [1.165, 1.54) is 0 Å². The fourth-order valence-electron chi connectivity index (χ4n) is 1.86. The van der Waals surface area contributed by atoms with E-state index in [9.17, 15) is 4.79 Å². The van der Waals surface area contributed by atoms with Gasteiger partial charge in [0.25, 0.3) is 0 Å². The number of Topliss-reactive ketones (excluding diaryl/α,β-unsaturated/α-hetero) is 1. The van der Waals surface area contributed by atoms with Crippen molar-refractivity contribution in [2.45, 2.75) is 19.6 Å². The first kappa shape index (κ1) is 14.3. The van der Waals surface area contributed by atoms with Crippen LogP contribution in [0.5, 0.6) is 5.75 Å². The second-order valence-corrected chi connectivity index (χ2v) is 4.53. The zero-order chi connectivity index (χ0) is 14.4. The number of rotatable bonds is 6. The molecule has 2 aromatic carbocycles. The van der Waals surface area contributed by atoms with E-state index in [0.29, 0.717) is 12.2 Å². The molecule has 0 spiro atoms. The third kappa shape index (κ3) is 3.68. The highest BCUT2D eigenvalue weighted by Crippen LogP contribution is 2.13. The normalized spacial score (nSPS) is 11.9. The molecule has 3 nitrogen and oxygen atoms in total. The number of carbonyl (C=O) groups excluding carboxylic acids is 1. The maximum atomic E-state index is 12.1. The van der Waals surface area contributed by atoms with E-state index in [4.69, 9.17) is 9.47 Å². The van der Waals surface area contributed by atoms with E-state index in [0.717, 1.165) is 11.3 Å². The molecule has 0 aliphatic carbocycles. The zero-order valence-corrected chi connectivity index (χ0v) is 11.7. The Kier molecular flexibility index (Phi) is 4.91. The van der Waals surface area contributed by atoms with Gasteiger partial charge in [-0.05, 0) is 24.6 Å². The van der Waals surface area contributed by atoms with Gasteiger partial charge in [0.1, 0.15) is 11.9 Å². The van der Waals surface area contributed by atoms with Gasteiger partial charge in [-0.15, -0.1) is 0 Å². The van der Waals surface area contributed by atoms with Crippen LogP contribution in [0, 0.1) is 0 Å². The van der Waals surface area contributed by atoms with Crippen LogP contribution >= 0.6 is 0 Å². The van der Waals surface area contributed by atoms with Crippen molar-refractivity contribution in [2.75, 3.05) is 7.11 Å². The molecule has 0 radical (unpaired) electrons. The SMILES string of the molecule is COc1ccc(COC(C)C(=O)c2ccccc2)cc1. The Bertz CT molecular complexity index is 546. The lowest BCUT2D eigenvalue weighted by molar-refractivity contribution is 0.0412. The van der Waals surface area contributed by atoms with E-state index in [-0.39, 0.29) is 5.78 Å². The summed E-state index contributed by atoms with van der Waals surface area (Å²) in [7, 11) is 1.63. The Hall–Kier alpha value is -2.13. The number of ether oxygens (including phenoxy) is 2. The minimum Gasteiger partial charge on any atom is -0.497 e. The van der Waals surface area contributed by atoms with Crippen molar-refractivity contribution in [1.29, 1.82) is 0 Å². The Balaban J connectivity index is 1.91. The van der Waals surface area contributed by atoms with Gasteiger partial charge >= 0.3 is 0 Å². The van der Waals surface area contributed by atoms with E-state index >= 15 is 0 Å². The van der Waals surface area contributed by atoms with Gasteiger partial charge in [-0.3, -0.25) is 4.79 Å². The second kappa shape index (κ2) is 6.87. The first-order valence-corrected chi connectivity index (χ1v) is 6.54. The van der Waals surface area contributed by atoms with Crippen molar-refractivity contribution in [3.05, 3.63) is 65.7 Å². The van der Waals surface area contributed by atoms with Gasteiger partial charge in [-0.2, -0.15) is 0 Å². The molecule has 104 valence electrons. The van der Waals surface area contributed by atoms with Crippen molar-refractivity contribution < 1.29 is 14.3 Å². The molecule has 0 bridgehead atoms. The minimum atomic E-state index is -0.459. The summed E-state index contributed by atoms with van der Waals surface area (Å²) >= 11 is 0. The summed E-state index contributed by atoms with van der Waals surface area (Å²) in [6, 6.07) is 16.8. The largest absolute Gasteiger partial charge is 0.497 e. The lowest BCUT2D eigenvalue weighted by atomic mass is 10.1. The van der Waals surface area contributed by atoms with E-state index in [1.54, 1.807) is 26.2 Å². The lowest BCUT2D eigenvalue weighted by Crippen LogP contribution is -2.20. The highest BCUT2D eigenvalue weighted by Gasteiger charge is 2.15. The molecule has 0 fully saturated rings. The molecule has 0 saturated carbocycles. The summed E-state index contributed by atoms with van der Waals surface area (Å²) in [5, 5.41) is 0. The third-order valence-electron chi connectivity index (χ3n) is 3.09. The van der Waals surface area contributed by atoms with Gasteiger partial charge in [-0.1, -0.05) is 42.5 Å². The van der Waals surface area contributed by atoms with Crippen molar-refractivity contribution in [3.63, 3.8) is 0 Å². The molecule has 3 heteroatoms. The van der Waals surface area contributed by atoms with E-state index in [2.05, 4.69) is 0 Å². The first-order chi connectivity index (χ1) is 9.70. The number of benzene rings is 2. The molecule has 0 aromatic heterocycles. The van der Waals surface area contributed by atoms with Gasteiger partial charge in [0.15, 0.2) is 5.78 Å². The van der Waals surface area contributed by atoms with Crippen LogP contribution in [0.15, 0.2) is 54.6 Å². The third-order valence-corrected chi connectivity index (χ3v) is 3.09. The summed E-state index contributed by atoms with van der Waals surface area (Å²) in [6.07, 6.45) is -0.459. The van der Waals surface area contributed by atoms with E-state index < -0.39 is 6.10 Å². The predicted octanol–water partition coefficient (Wildman–Crippen LogP) is 3.48. The van der Waals surface area contributed by atoms with Gasteiger partial charge < -0.3 is 9.47 Å². The predicted molar refractivity (Wildman–Crippen MR) is 78.0 cm³/mol. The number of methoxy groups -OCH3 is 1. The van der Waals surface area contributed by atoms with Crippen LogP contribution in [-0.2, 0) is 11.3 Å². The summed E-state index contributed by atoms with van der Waals surface area (Å²) < 4.78 is 10.7. The standard InChI is InChI=1S/C17H18O3/c1-13(17(18)15-6-4-3-5-7-15)20-12-14-8-10-16(19-2)11-9-14/h3-11,13H,12H2,1-2H3. The molecule has 2 rings (SSSR count). The summed E-state index contributed by atoms with van der Waals surface area (Å²) in [5.74, 6) is 0.807. The Morgan fingerprint density at radius 1 is 1.05 bits per heavy atom. The Labute approximate surface area is 119 Å². The quantitative estimate of drug-likeness (QED) is 0.754. The molecular formula is C17H18O3. The van der Waals surface area contributed by atoms with Crippen LogP contribution in [0.1, 0.15) is 22.8 Å². The summed E-state index contributed by atoms with van der Waals surface area (Å²) in [4.78, 5) is 12.1. The van der Waals surface area contributed by atoms with Crippen LogP contribution in [0.3, 0.4) is 0 Å². The minimum absolute atomic E-state index is 0.000823. The molecule has 2 aromatic rings. The fraction of sp³-hybridized carbons (Fsp3) is 0.235. The molecule has 0 N–H and O–H groups in total. The van der Waals surface area contributed by atoms with Crippen molar-refractivity contribution in [2.24, 2.45) is 0 Å². The van der Waals surface area contributed by atoms with Gasteiger partial charge in [-0.25, -0.2) is 0 Å². The van der Waals surface area contributed by atoms with Crippen LogP contribution < -0.4 is 4.74 Å². The first-order valence-electron chi connectivity index (χ1n) is 6.54. The van der Waals surface area contributed by atoms with Crippen molar-refractivity contribution in [3.8, 4) is 5.75 Å². The Morgan fingerprint density at radius 3 is 2.30 bits per heavy atom. The molecule has 20 heavy (non-hydrogen) atoms. The van der Waals surface area contributed by atoms with Crippen LogP contribution in [0.4, 0.5) is 0 Å². The number of carbonyl (C=O) groups is 1. The average Bonchev–Trinajstić information content (AvgIpc) is 2.53. The van der Waals surface area contributed by atoms with Crippen molar-refractivity contribution >= 4 is 5.78 Å². The van der Waals surface area contributed by atoms with Crippen LogP contribution in [0.2, 0.25) is 0 Å². The van der Waals surface area contributed by atoms with Gasteiger partial charge in [0, 0.05) is 5.56 Å². The topological polar surface area (TPSA) is 35.5 Å². The highest BCUT2D eigenvalue weighted by atomic mass is 16.5. The molecular weight excluding hydrogens is 252 g/mol. The van der Waals surface area contributed by atoms with Crippen molar-refractivity contribution in [1.82, 2.24) is 0 Å². The number of hydrogen-bond donors (Lipinski definition) is 0. The van der Waals surface area contributed by atoms with E-state index in [1.807, 2.05) is 42.5 Å². The second-order valence-electron chi connectivity index (χ2n) is 4.53.